The van der Waals surface area contributed by atoms with E-state index in [-0.39, 0.29) is 6.61 Å². The van der Waals surface area contributed by atoms with Gasteiger partial charge in [-0.3, -0.25) is 4.79 Å². The van der Waals surface area contributed by atoms with Crippen LogP contribution >= 0.6 is 0 Å². The van der Waals surface area contributed by atoms with E-state index in [0.29, 0.717) is 6.42 Å². The van der Waals surface area contributed by atoms with Crippen LogP contribution in [-0.2, 0) is 14.3 Å². The molecule has 88 valence electrons. The molecule has 0 spiro atoms. The van der Waals surface area contributed by atoms with E-state index in [4.69, 9.17) is 14.9 Å². The molecule has 4 N–H and O–H groups in total. The molecule has 0 aromatic heterocycles. The summed E-state index contributed by atoms with van der Waals surface area (Å²) >= 11 is 0. The van der Waals surface area contributed by atoms with Crippen LogP contribution in [0.15, 0.2) is 23.2 Å². The Hall–Kier alpha value is -2.05. The molecule has 0 aliphatic carbocycles. The summed E-state index contributed by atoms with van der Waals surface area (Å²) in [7, 11) is 0. The first-order chi connectivity index (χ1) is 7.52. The molecule has 0 amide bonds. The van der Waals surface area contributed by atoms with Gasteiger partial charge in [-0.25, -0.2) is 0 Å². The van der Waals surface area contributed by atoms with Gasteiger partial charge in [0.05, 0.1) is 6.61 Å². The fourth-order valence-electron chi connectivity index (χ4n) is 1.65. The highest BCUT2D eigenvalue weighted by molar-refractivity contribution is 5.75. The van der Waals surface area contributed by atoms with E-state index in [9.17, 15) is 15.0 Å². The monoisotopic (exact) mass is 230 g/mol. The molecule has 7 heteroatoms. The summed E-state index contributed by atoms with van der Waals surface area (Å²) in [5.74, 6) is -4.87. The Kier molecular flexibility index (Phi) is 2.30. The van der Waals surface area contributed by atoms with Gasteiger partial charge in [0, 0.05) is 0 Å². The third-order valence-electron chi connectivity index (χ3n) is 2.52. The van der Waals surface area contributed by atoms with Crippen LogP contribution in [0.3, 0.4) is 0 Å². The number of rotatable bonds is 1. The minimum atomic E-state index is -1.23. The highest BCUT2D eigenvalue weighted by Crippen LogP contribution is 2.32. The molecule has 0 radical (unpaired) electrons. The molecule has 2 heterocycles. The zero-order valence-corrected chi connectivity index (χ0v) is 8.08. The predicted octanol–water partition coefficient (Wildman–Crippen LogP) is 0.561. The molecule has 2 atom stereocenters. The van der Waals surface area contributed by atoms with Crippen molar-refractivity contribution < 1.29 is 34.7 Å². The summed E-state index contributed by atoms with van der Waals surface area (Å²) in [4.78, 5) is 11.2. The molecule has 0 aromatic carbocycles. The van der Waals surface area contributed by atoms with Crippen LogP contribution < -0.4 is 0 Å². The molecule has 2 aliphatic heterocycles. The first kappa shape index (κ1) is 10.5. The van der Waals surface area contributed by atoms with Crippen molar-refractivity contribution in [3.05, 3.63) is 23.2 Å². The number of ether oxygens (including phenoxy) is 2. The normalized spacial score (nSPS) is 30.4. The van der Waals surface area contributed by atoms with E-state index < -0.39 is 41.2 Å². The molecule has 7 nitrogen and oxygen atoms in total. The van der Waals surface area contributed by atoms with Gasteiger partial charge in [-0.05, 0) is 6.42 Å². The lowest BCUT2D eigenvalue weighted by molar-refractivity contribution is -0.145. The average molecular weight is 230 g/mol. The lowest BCUT2D eigenvalue weighted by Gasteiger charge is -2.25. The summed E-state index contributed by atoms with van der Waals surface area (Å²) in [5.41, 5.74) is 0. The second-order valence-corrected chi connectivity index (χ2v) is 3.49. The largest absolute Gasteiger partial charge is 0.505 e. The molecule has 0 saturated carbocycles. The Morgan fingerprint density at radius 1 is 1.12 bits per heavy atom. The highest BCUT2D eigenvalue weighted by atomic mass is 16.6. The summed E-state index contributed by atoms with van der Waals surface area (Å²) < 4.78 is 9.42. The summed E-state index contributed by atoms with van der Waals surface area (Å²) in [6, 6.07) is 0. The second kappa shape index (κ2) is 3.51. The lowest BCUT2D eigenvalue weighted by Crippen LogP contribution is -2.33. The van der Waals surface area contributed by atoms with Crippen molar-refractivity contribution in [2.24, 2.45) is 5.92 Å². The lowest BCUT2D eigenvalue weighted by atomic mass is 9.97. The van der Waals surface area contributed by atoms with Crippen LogP contribution in [0.2, 0.25) is 0 Å². The van der Waals surface area contributed by atoms with Crippen molar-refractivity contribution in [3.63, 3.8) is 0 Å². The zero-order valence-electron chi connectivity index (χ0n) is 8.08. The molecular weight excluding hydrogens is 220 g/mol. The summed E-state index contributed by atoms with van der Waals surface area (Å²) in [5, 5.41) is 37.0. The van der Waals surface area contributed by atoms with Gasteiger partial charge in [-0.15, -0.1) is 0 Å². The van der Waals surface area contributed by atoms with Crippen molar-refractivity contribution in [2.75, 3.05) is 6.61 Å². The molecule has 1 saturated heterocycles. The summed E-state index contributed by atoms with van der Waals surface area (Å²) in [6.07, 6.45) is -0.930. The Balaban J connectivity index is 2.30. The number of hydrogen-bond acceptors (Lipinski definition) is 7. The van der Waals surface area contributed by atoms with E-state index in [1.165, 1.54) is 0 Å². The number of aliphatic hydroxyl groups excluding tert-OH is 4. The van der Waals surface area contributed by atoms with Crippen molar-refractivity contribution in [1.29, 1.82) is 0 Å². The van der Waals surface area contributed by atoms with Crippen LogP contribution in [0.5, 0.6) is 0 Å². The average Bonchev–Trinajstić information content (AvgIpc) is 2.67. The zero-order chi connectivity index (χ0) is 11.9. The van der Waals surface area contributed by atoms with E-state index in [2.05, 4.69) is 4.74 Å². The molecule has 2 rings (SSSR count). The van der Waals surface area contributed by atoms with Crippen LogP contribution in [0.25, 0.3) is 0 Å². The Morgan fingerprint density at radius 2 is 1.81 bits per heavy atom. The van der Waals surface area contributed by atoms with Gasteiger partial charge in [-0.1, -0.05) is 0 Å². The fourth-order valence-corrected chi connectivity index (χ4v) is 1.65. The number of esters is 1. The van der Waals surface area contributed by atoms with Crippen molar-refractivity contribution >= 4 is 5.97 Å². The number of hydrogen-bond donors (Lipinski definition) is 4. The third kappa shape index (κ3) is 1.40. The molecular formula is C9H10O7. The maximum Gasteiger partial charge on any atom is 0.325 e. The quantitative estimate of drug-likeness (QED) is 0.486. The maximum atomic E-state index is 11.2. The smallest absolute Gasteiger partial charge is 0.325 e. The number of carbonyl (C=O) groups excluding carboxylic acids is 1. The minimum Gasteiger partial charge on any atom is -0.505 e. The van der Waals surface area contributed by atoms with E-state index in [0.717, 1.165) is 0 Å². The fraction of sp³-hybridized carbons (Fsp3) is 0.444. The van der Waals surface area contributed by atoms with Crippen LogP contribution in [-0.4, -0.2) is 39.1 Å². The van der Waals surface area contributed by atoms with Gasteiger partial charge < -0.3 is 29.9 Å². The first-order valence-electron chi connectivity index (χ1n) is 4.60. The van der Waals surface area contributed by atoms with Gasteiger partial charge in [-0.2, -0.15) is 0 Å². The summed E-state index contributed by atoms with van der Waals surface area (Å²) in [6.45, 7) is 0.188. The molecule has 16 heavy (non-hydrogen) atoms. The van der Waals surface area contributed by atoms with Crippen molar-refractivity contribution in [3.8, 4) is 0 Å². The van der Waals surface area contributed by atoms with Crippen LogP contribution in [0.4, 0.5) is 0 Å². The van der Waals surface area contributed by atoms with E-state index >= 15 is 0 Å². The van der Waals surface area contributed by atoms with E-state index in [1.54, 1.807) is 0 Å². The Labute approximate surface area is 89.8 Å². The van der Waals surface area contributed by atoms with Gasteiger partial charge in [0.15, 0.2) is 11.9 Å². The SMILES string of the molecule is O=C1OCCC1C1OC(O)=C(O)C(O)=C1O. The van der Waals surface area contributed by atoms with E-state index in [1.807, 2.05) is 0 Å². The van der Waals surface area contributed by atoms with Crippen molar-refractivity contribution in [2.45, 2.75) is 12.5 Å². The third-order valence-corrected chi connectivity index (χ3v) is 2.52. The number of carbonyl (C=O) groups is 1. The Bertz CT molecular complexity index is 395. The molecule has 0 aromatic rings. The van der Waals surface area contributed by atoms with Crippen LogP contribution in [0, 0.1) is 5.92 Å². The van der Waals surface area contributed by atoms with Gasteiger partial charge in [0.2, 0.25) is 11.5 Å². The highest BCUT2D eigenvalue weighted by Gasteiger charge is 2.43. The standard InChI is InChI=1S/C9H10O7/c10-4-5(11)7(16-9(14)6(4)12)3-1-2-15-8(3)13/h3,7,10-12,14H,1-2H2. The van der Waals surface area contributed by atoms with Gasteiger partial charge >= 0.3 is 11.9 Å². The molecule has 2 unspecified atom stereocenters. The molecule has 2 aliphatic rings. The topological polar surface area (TPSA) is 116 Å². The van der Waals surface area contributed by atoms with Crippen molar-refractivity contribution in [1.82, 2.24) is 0 Å². The Morgan fingerprint density at radius 3 is 2.38 bits per heavy atom. The van der Waals surface area contributed by atoms with Gasteiger partial charge in [0.25, 0.3) is 0 Å². The number of cyclic esters (lactones) is 1. The first-order valence-corrected chi connectivity index (χ1v) is 4.60. The minimum absolute atomic E-state index is 0.188. The molecule has 1 fully saturated rings. The van der Waals surface area contributed by atoms with Crippen LogP contribution in [0.1, 0.15) is 6.42 Å². The number of aliphatic hydroxyl groups is 4. The maximum absolute atomic E-state index is 11.2. The molecule has 0 bridgehead atoms. The second-order valence-electron chi connectivity index (χ2n) is 3.49. The predicted molar refractivity (Wildman–Crippen MR) is 48.5 cm³/mol. The van der Waals surface area contributed by atoms with Gasteiger partial charge in [0.1, 0.15) is 5.92 Å².